The van der Waals surface area contributed by atoms with E-state index in [4.69, 9.17) is 19.9 Å². The van der Waals surface area contributed by atoms with Crippen molar-refractivity contribution in [2.24, 2.45) is 0 Å². The van der Waals surface area contributed by atoms with Crippen molar-refractivity contribution in [1.82, 2.24) is 0 Å². The molecule has 0 aromatic heterocycles. The fourth-order valence-corrected chi connectivity index (χ4v) is 2.51. The van der Waals surface area contributed by atoms with Gasteiger partial charge in [-0.25, -0.2) is 0 Å². The van der Waals surface area contributed by atoms with Gasteiger partial charge in [-0.1, -0.05) is 26.7 Å². The lowest BCUT2D eigenvalue weighted by Gasteiger charge is -2.31. The zero-order chi connectivity index (χ0) is 16.5. The summed E-state index contributed by atoms with van der Waals surface area (Å²) in [6, 6.07) is 3.93. The number of unbranched alkanes of at least 4 members (excludes halogenated alkanes) is 2. The van der Waals surface area contributed by atoms with Crippen LogP contribution in [-0.4, -0.2) is 39.5 Å². The number of anilines is 2. The van der Waals surface area contributed by atoms with Gasteiger partial charge in [0.25, 0.3) is 0 Å². The average Bonchev–Trinajstić information content (AvgIpc) is 2.58. The molecule has 2 rings (SSSR count). The van der Waals surface area contributed by atoms with E-state index >= 15 is 0 Å². The highest BCUT2D eigenvalue weighted by molar-refractivity contribution is 5.70. The number of nitrogens with two attached hydrogens (primary N) is 1. The summed E-state index contributed by atoms with van der Waals surface area (Å²) in [7, 11) is 0. The van der Waals surface area contributed by atoms with Crippen molar-refractivity contribution in [3.05, 3.63) is 12.1 Å². The molecule has 0 atom stereocenters. The minimum atomic E-state index is 0.643. The second-order valence-electron chi connectivity index (χ2n) is 5.86. The topological polar surface area (TPSA) is 57.0 Å². The number of rotatable bonds is 9. The van der Waals surface area contributed by atoms with Crippen LogP contribution in [0.3, 0.4) is 0 Å². The van der Waals surface area contributed by atoms with E-state index in [0.29, 0.717) is 18.9 Å². The largest absolute Gasteiger partial charge is 0.491 e. The van der Waals surface area contributed by atoms with Gasteiger partial charge in [-0.2, -0.15) is 0 Å². The molecule has 5 heteroatoms. The lowest BCUT2D eigenvalue weighted by molar-refractivity contribution is 0.122. The Labute approximate surface area is 139 Å². The van der Waals surface area contributed by atoms with E-state index in [2.05, 4.69) is 18.7 Å². The molecule has 1 heterocycles. The first-order valence-corrected chi connectivity index (χ1v) is 8.78. The van der Waals surface area contributed by atoms with E-state index in [1.165, 1.54) is 0 Å². The maximum Gasteiger partial charge on any atom is 0.144 e. The molecule has 0 spiro atoms. The molecule has 0 aliphatic carbocycles. The van der Waals surface area contributed by atoms with Crippen LogP contribution in [0.15, 0.2) is 12.1 Å². The fourth-order valence-electron chi connectivity index (χ4n) is 2.51. The number of benzene rings is 1. The van der Waals surface area contributed by atoms with Gasteiger partial charge in [0.15, 0.2) is 0 Å². The first-order chi connectivity index (χ1) is 11.3. The van der Waals surface area contributed by atoms with E-state index in [0.717, 1.165) is 69.2 Å². The number of nitrogens with zero attached hydrogens (tertiary/aromatic N) is 1. The van der Waals surface area contributed by atoms with Gasteiger partial charge in [0.2, 0.25) is 0 Å². The molecular formula is C18H30N2O3. The molecule has 1 aromatic carbocycles. The molecular weight excluding hydrogens is 292 g/mol. The molecule has 23 heavy (non-hydrogen) atoms. The number of nitrogen functional groups attached to an aromatic ring is 1. The average molecular weight is 322 g/mol. The van der Waals surface area contributed by atoms with E-state index < -0.39 is 0 Å². The van der Waals surface area contributed by atoms with Gasteiger partial charge in [0.05, 0.1) is 37.8 Å². The maximum atomic E-state index is 6.16. The SMILES string of the molecule is CCCCOc1cc(N2CCOCC2)c(OCCCC)cc1N. The number of morpholine rings is 1. The van der Waals surface area contributed by atoms with Gasteiger partial charge in [0.1, 0.15) is 11.5 Å². The summed E-state index contributed by atoms with van der Waals surface area (Å²) in [6.45, 7) is 8.92. The summed E-state index contributed by atoms with van der Waals surface area (Å²) in [5, 5.41) is 0. The molecule has 0 unspecified atom stereocenters. The Morgan fingerprint density at radius 1 is 1.00 bits per heavy atom. The Balaban J connectivity index is 2.18. The Morgan fingerprint density at radius 2 is 1.61 bits per heavy atom. The highest BCUT2D eigenvalue weighted by atomic mass is 16.5. The second-order valence-corrected chi connectivity index (χ2v) is 5.86. The zero-order valence-electron chi connectivity index (χ0n) is 14.5. The molecule has 1 fully saturated rings. The normalized spacial score (nSPS) is 14.8. The third-order valence-electron chi connectivity index (χ3n) is 3.95. The van der Waals surface area contributed by atoms with Crippen molar-refractivity contribution in [3.63, 3.8) is 0 Å². The van der Waals surface area contributed by atoms with Crippen LogP contribution in [0.4, 0.5) is 11.4 Å². The lowest BCUT2D eigenvalue weighted by Crippen LogP contribution is -2.36. The van der Waals surface area contributed by atoms with Crippen LogP contribution in [0.25, 0.3) is 0 Å². The van der Waals surface area contributed by atoms with E-state index in [-0.39, 0.29) is 0 Å². The molecule has 1 saturated heterocycles. The van der Waals surface area contributed by atoms with Gasteiger partial charge in [-0.05, 0) is 12.8 Å². The minimum Gasteiger partial charge on any atom is -0.491 e. The van der Waals surface area contributed by atoms with Crippen molar-refractivity contribution < 1.29 is 14.2 Å². The van der Waals surface area contributed by atoms with E-state index in [1.54, 1.807) is 0 Å². The summed E-state index contributed by atoms with van der Waals surface area (Å²) < 4.78 is 17.3. The zero-order valence-corrected chi connectivity index (χ0v) is 14.5. The van der Waals surface area contributed by atoms with Crippen LogP contribution in [0.1, 0.15) is 39.5 Å². The molecule has 5 nitrogen and oxygen atoms in total. The molecule has 2 N–H and O–H groups in total. The van der Waals surface area contributed by atoms with Crippen molar-refractivity contribution in [1.29, 1.82) is 0 Å². The van der Waals surface area contributed by atoms with E-state index in [1.807, 2.05) is 12.1 Å². The monoisotopic (exact) mass is 322 g/mol. The molecule has 1 aliphatic rings. The van der Waals surface area contributed by atoms with Gasteiger partial charge in [-0.3, -0.25) is 0 Å². The highest BCUT2D eigenvalue weighted by Crippen LogP contribution is 2.38. The van der Waals surface area contributed by atoms with E-state index in [9.17, 15) is 0 Å². The summed E-state index contributed by atoms with van der Waals surface area (Å²) in [5.74, 6) is 1.60. The first-order valence-electron chi connectivity index (χ1n) is 8.78. The summed E-state index contributed by atoms with van der Waals surface area (Å²) in [6.07, 6.45) is 4.29. The van der Waals surface area contributed by atoms with Crippen molar-refractivity contribution in [2.75, 3.05) is 50.2 Å². The minimum absolute atomic E-state index is 0.643. The van der Waals surface area contributed by atoms with Gasteiger partial charge in [0, 0.05) is 25.2 Å². The standard InChI is InChI=1S/C18H30N2O3/c1-3-5-9-22-17-14-16(20-7-11-21-12-8-20)18(13-15(17)19)23-10-6-4-2/h13-14H,3-12,19H2,1-2H3. The maximum absolute atomic E-state index is 6.16. The Hall–Kier alpha value is -1.62. The molecule has 1 aliphatic heterocycles. The molecule has 130 valence electrons. The van der Waals surface area contributed by atoms with Crippen LogP contribution >= 0.6 is 0 Å². The Kier molecular flexibility index (Phi) is 7.33. The summed E-state index contributed by atoms with van der Waals surface area (Å²) in [4.78, 5) is 2.29. The molecule has 1 aromatic rings. The van der Waals surface area contributed by atoms with Crippen LogP contribution in [-0.2, 0) is 4.74 Å². The van der Waals surface area contributed by atoms with Crippen LogP contribution in [0, 0.1) is 0 Å². The number of hydrogen-bond donors (Lipinski definition) is 1. The van der Waals surface area contributed by atoms with Gasteiger partial charge < -0.3 is 24.8 Å². The predicted molar refractivity (Wildman–Crippen MR) is 94.7 cm³/mol. The highest BCUT2D eigenvalue weighted by Gasteiger charge is 2.18. The van der Waals surface area contributed by atoms with Crippen molar-refractivity contribution >= 4 is 11.4 Å². The third kappa shape index (κ3) is 5.20. The van der Waals surface area contributed by atoms with Gasteiger partial charge in [-0.15, -0.1) is 0 Å². The van der Waals surface area contributed by atoms with Crippen molar-refractivity contribution in [2.45, 2.75) is 39.5 Å². The third-order valence-corrected chi connectivity index (χ3v) is 3.95. The molecule has 0 bridgehead atoms. The Morgan fingerprint density at radius 3 is 2.22 bits per heavy atom. The molecule has 0 radical (unpaired) electrons. The number of ether oxygens (including phenoxy) is 3. The second kappa shape index (κ2) is 9.50. The molecule has 0 amide bonds. The lowest BCUT2D eigenvalue weighted by atomic mass is 10.2. The Bertz CT molecular complexity index is 474. The summed E-state index contributed by atoms with van der Waals surface area (Å²) in [5.41, 5.74) is 7.86. The molecule has 0 saturated carbocycles. The summed E-state index contributed by atoms with van der Waals surface area (Å²) >= 11 is 0. The number of hydrogen-bond acceptors (Lipinski definition) is 5. The van der Waals surface area contributed by atoms with Crippen molar-refractivity contribution in [3.8, 4) is 11.5 Å². The fraction of sp³-hybridized carbons (Fsp3) is 0.667. The van der Waals surface area contributed by atoms with Crippen LogP contribution in [0.2, 0.25) is 0 Å². The quantitative estimate of drug-likeness (QED) is 0.557. The smallest absolute Gasteiger partial charge is 0.144 e. The van der Waals surface area contributed by atoms with Crippen LogP contribution in [0.5, 0.6) is 11.5 Å². The first kappa shape index (κ1) is 17.7. The predicted octanol–water partition coefficient (Wildman–Crippen LogP) is 3.46. The van der Waals surface area contributed by atoms with Crippen LogP contribution < -0.4 is 20.1 Å². The van der Waals surface area contributed by atoms with Gasteiger partial charge >= 0.3 is 0 Å².